The molecule has 1 unspecified atom stereocenters. The van der Waals surface area contributed by atoms with Gasteiger partial charge in [-0.05, 0) is 18.4 Å². The van der Waals surface area contributed by atoms with Crippen LogP contribution in [-0.4, -0.2) is 40.3 Å². The second-order valence-corrected chi connectivity index (χ2v) is 4.83. The van der Waals surface area contributed by atoms with Crippen molar-refractivity contribution in [2.24, 2.45) is 0 Å². The lowest BCUT2D eigenvalue weighted by molar-refractivity contribution is -0.134. The monoisotopic (exact) mass is 276 g/mol. The van der Waals surface area contributed by atoms with Crippen LogP contribution in [-0.2, 0) is 11.2 Å². The molecular formula is C15H20N2O3. The van der Waals surface area contributed by atoms with Crippen LogP contribution < -0.4 is 5.32 Å². The summed E-state index contributed by atoms with van der Waals surface area (Å²) in [6.45, 7) is 0.627. The fraction of sp³-hybridized carbons (Fsp3) is 0.400. The maximum atomic E-state index is 12.0. The van der Waals surface area contributed by atoms with E-state index in [1.807, 2.05) is 30.3 Å². The van der Waals surface area contributed by atoms with E-state index in [0.717, 1.165) is 5.56 Å². The molecular weight excluding hydrogens is 256 g/mol. The van der Waals surface area contributed by atoms with E-state index in [-0.39, 0.29) is 24.4 Å². The fourth-order valence-electron chi connectivity index (χ4n) is 2.27. The molecule has 0 saturated heterocycles. The molecule has 0 bridgehead atoms. The summed E-state index contributed by atoms with van der Waals surface area (Å²) in [7, 11) is 0. The van der Waals surface area contributed by atoms with Crippen LogP contribution in [0.2, 0.25) is 0 Å². The highest BCUT2D eigenvalue weighted by atomic mass is 16.3. The highest BCUT2D eigenvalue weighted by molar-refractivity contribution is 5.91. The van der Waals surface area contributed by atoms with E-state index in [4.69, 9.17) is 5.11 Å². The predicted octanol–water partition coefficient (Wildman–Crippen LogP) is 1.16. The number of rotatable bonds is 6. The smallest absolute Gasteiger partial charge is 0.291 e. The Bertz CT molecular complexity index is 473. The molecule has 1 aliphatic rings. The van der Waals surface area contributed by atoms with Gasteiger partial charge in [0.05, 0.1) is 0 Å². The first-order chi connectivity index (χ1) is 9.72. The van der Waals surface area contributed by atoms with Gasteiger partial charge in [0.15, 0.2) is 5.76 Å². The van der Waals surface area contributed by atoms with Gasteiger partial charge in [0.2, 0.25) is 0 Å². The first-order valence-corrected chi connectivity index (χ1v) is 6.83. The molecule has 1 heterocycles. The minimum absolute atomic E-state index is 0.112. The van der Waals surface area contributed by atoms with Crippen molar-refractivity contribution in [3.05, 3.63) is 47.9 Å². The van der Waals surface area contributed by atoms with Gasteiger partial charge < -0.3 is 20.4 Å². The van der Waals surface area contributed by atoms with E-state index in [2.05, 4.69) is 5.32 Å². The zero-order valence-electron chi connectivity index (χ0n) is 11.3. The normalized spacial score (nSPS) is 18.6. The largest absolute Gasteiger partial charge is 0.502 e. The van der Waals surface area contributed by atoms with Gasteiger partial charge in [-0.3, -0.25) is 4.79 Å². The van der Waals surface area contributed by atoms with Gasteiger partial charge in [0.25, 0.3) is 5.91 Å². The fourth-order valence-corrected chi connectivity index (χ4v) is 2.27. The summed E-state index contributed by atoms with van der Waals surface area (Å²) < 4.78 is 0. The number of unbranched alkanes of at least 4 members (excludes halogenated alkanes) is 1. The van der Waals surface area contributed by atoms with Crippen LogP contribution in [0.1, 0.15) is 18.4 Å². The first-order valence-electron chi connectivity index (χ1n) is 6.83. The molecule has 1 aliphatic heterocycles. The number of aliphatic hydroxyl groups excluding tert-OH is 2. The van der Waals surface area contributed by atoms with Gasteiger partial charge in [0.1, 0.15) is 6.17 Å². The third-order valence-corrected chi connectivity index (χ3v) is 3.35. The Balaban J connectivity index is 2.06. The number of amides is 1. The lowest BCUT2D eigenvalue weighted by Gasteiger charge is -2.35. The molecule has 1 amide bonds. The lowest BCUT2D eigenvalue weighted by atomic mass is 10.1. The van der Waals surface area contributed by atoms with Crippen LogP contribution in [0.3, 0.4) is 0 Å². The Morgan fingerprint density at radius 2 is 1.95 bits per heavy atom. The van der Waals surface area contributed by atoms with Crippen molar-refractivity contribution in [3.63, 3.8) is 0 Å². The molecule has 1 aromatic rings. The van der Waals surface area contributed by atoms with Gasteiger partial charge in [-0.15, -0.1) is 0 Å². The van der Waals surface area contributed by atoms with Crippen molar-refractivity contribution in [2.45, 2.75) is 25.4 Å². The summed E-state index contributed by atoms with van der Waals surface area (Å²) in [6.07, 6.45) is 3.22. The Labute approximate surface area is 118 Å². The number of nitrogens with one attached hydrogen (secondary N) is 1. The molecule has 0 fully saturated rings. The molecule has 108 valence electrons. The van der Waals surface area contributed by atoms with Gasteiger partial charge in [-0.1, -0.05) is 30.3 Å². The Kier molecular flexibility index (Phi) is 5.01. The molecule has 1 atom stereocenters. The molecule has 0 aromatic heterocycles. The average Bonchev–Trinajstić information content (AvgIpc) is 2.47. The summed E-state index contributed by atoms with van der Waals surface area (Å²) in [5.41, 5.74) is 1.12. The minimum Gasteiger partial charge on any atom is -0.502 e. The zero-order chi connectivity index (χ0) is 14.4. The van der Waals surface area contributed by atoms with E-state index in [1.54, 1.807) is 4.90 Å². The quantitative estimate of drug-likeness (QED) is 0.682. The van der Waals surface area contributed by atoms with Crippen LogP contribution in [0, 0.1) is 0 Å². The van der Waals surface area contributed by atoms with Crippen LogP contribution in [0.25, 0.3) is 0 Å². The molecule has 5 nitrogen and oxygen atoms in total. The van der Waals surface area contributed by atoms with Gasteiger partial charge >= 0.3 is 0 Å². The second-order valence-electron chi connectivity index (χ2n) is 4.83. The molecule has 0 spiro atoms. The van der Waals surface area contributed by atoms with Gasteiger partial charge in [0, 0.05) is 25.8 Å². The molecule has 0 saturated carbocycles. The van der Waals surface area contributed by atoms with Crippen molar-refractivity contribution >= 4 is 5.91 Å². The Morgan fingerprint density at radius 3 is 2.65 bits per heavy atom. The summed E-state index contributed by atoms with van der Waals surface area (Å²) in [5, 5.41) is 21.4. The summed E-state index contributed by atoms with van der Waals surface area (Å²) in [4.78, 5) is 13.6. The predicted molar refractivity (Wildman–Crippen MR) is 75.8 cm³/mol. The molecule has 5 heteroatoms. The SMILES string of the molecule is O=C1C(O)=CNC(Cc2ccccc2)N1CCCCO. The molecule has 1 aromatic carbocycles. The van der Waals surface area contributed by atoms with E-state index < -0.39 is 0 Å². The van der Waals surface area contributed by atoms with Crippen molar-refractivity contribution < 1.29 is 15.0 Å². The number of benzene rings is 1. The maximum Gasteiger partial charge on any atom is 0.291 e. The summed E-state index contributed by atoms with van der Waals surface area (Å²) in [6, 6.07) is 9.90. The average molecular weight is 276 g/mol. The Morgan fingerprint density at radius 1 is 1.20 bits per heavy atom. The first kappa shape index (κ1) is 14.4. The van der Waals surface area contributed by atoms with Crippen molar-refractivity contribution in [1.29, 1.82) is 0 Å². The number of hydrogen-bond donors (Lipinski definition) is 3. The zero-order valence-corrected chi connectivity index (χ0v) is 11.3. The van der Waals surface area contributed by atoms with Crippen molar-refractivity contribution in [1.82, 2.24) is 10.2 Å². The topological polar surface area (TPSA) is 72.8 Å². The number of carbonyl (C=O) groups is 1. The van der Waals surface area contributed by atoms with Crippen LogP contribution in [0.15, 0.2) is 42.3 Å². The van der Waals surface area contributed by atoms with Crippen molar-refractivity contribution in [3.8, 4) is 0 Å². The van der Waals surface area contributed by atoms with Crippen LogP contribution in [0.4, 0.5) is 0 Å². The van der Waals surface area contributed by atoms with E-state index in [9.17, 15) is 9.90 Å². The summed E-state index contributed by atoms with van der Waals surface area (Å²) in [5.74, 6) is -0.624. The van der Waals surface area contributed by atoms with Crippen molar-refractivity contribution in [2.75, 3.05) is 13.2 Å². The van der Waals surface area contributed by atoms with E-state index in [1.165, 1.54) is 6.20 Å². The molecule has 3 N–H and O–H groups in total. The second kappa shape index (κ2) is 6.96. The number of aliphatic hydroxyl groups is 2. The number of carbonyl (C=O) groups excluding carboxylic acids is 1. The third-order valence-electron chi connectivity index (χ3n) is 3.35. The third kappa shape index (κ3) is 3.51. The lowest BCUT2D eigenvalue weighted by Crippen LogP contribution is -2.52. The highest BCUT2D eigenvalue weighted by Crippen LogP contribution is 2.14. The standard InChI is InChI=1S/C15H20N2O3/c18-9-5-4-8-17-14(16-11-13(19)15(17)20)10-12-6-2-1-3-7-12/h1-3,6-7,11,14,16,18-19H,4-5,8-10H2. The van der Waals surface area contributed by atoms with Crippen LogP contribution >= 0.6 is 0 Å². The molecule has 0 radical (unpaired) electrons. The summed E-state index contributed by atoms with van der Waals surface area (Å²) >= 11 is 0. The van der Waals surface area contributed by atoms with E-state index >= 15 is 0 Å². The van der Waals surface area contributed by atoms with Crippen LogP contribution in [0.5, 0.6) is 0 Å². The molecule has 0 aliphatic carbocycles. The maximum absolute atomic E-state index is 12.0. The number of hydrogen-bond acceptors (Lipinski definition) is 4. The van der Waals surface area contributed by atoms with Gasteiger partial charge in [-0.25, -0.2) is 0 Å². The number of nitrogens with zero attached hydrogens (tertiary/aromatic N) is 1. The highest BCUT2D eigenvalue weighted by Gasteiger charge is 2.29. The van der Waals surface area contributed by atoms with E-state index in [0.29, 0.717) is 25.8 Å². The molecule has 20 heavy (non-hydrogen) atoms. The minimum atomic E-state index is -0.359. The molecule has 2 rings (SSSR count). The Hall–Kier alpha value is -2.01. The van der Waals surface area contributed by atoms with Gasteiger partial charge in [-0.2, -0.15) is 0 Å².